The van der Waals surface area contributed by atoms with Gasteiger partial charge in [0.1, 0.15) is 12.4 Å². The molecule has 0 aliphatic rings. The van der Waals surface area contributed by atoms with Gasteiger partial charge in [-0.05, 0) is 53.9 Å². The molecule has 0 aliphatic carbocycles. The molecule has 3 nitrogen and oxygen atoms in total. The molecule has 0 aliphatic heterocycles. The molecular formula is C16H21BrN2O. The van der Waals surface area contributed by atoms with Gasteiger partial charge in [0.25, 0.3) is 0 Å². The Bertz CT molecular complexity index is 561. The zero-order chi connectivity index (χ0) is 14.5. The van der Waals surface area contributed by atoms with E-state index in [-0.39, 0.29) is 0 Å². The highest BCUT2D eigenvalue weighted by atomic mass is 79.9. The normalized spacial score (nSPS) is 10.8. The molecule has 20 heavy (non-hydrogen) atoms. The lowest BCUT2D eigenvalue weighted by molar-refractivity contribution is 0.291. The van der Waals surface area contributed by atoms with Gasteiger partial charge in [0.2, 0.25) is 0 Å². The molecule has 0 unspecified atom stereocenters. The van der Waals surface area contributed by atoms with Crippen molar-refractivity contribution in [2.45, 2.75) is 46.8 Å². The van der Waals surface area contributed by atoms with Gasteiger partial charge < -0.3 is 4.74 Å². The molecule has 0 spiro atoms. The first-order chi connectivity index (χ1) is 9.65. The number of ether oxygens (including phenoxy) is 1. The summed E-state index contributed by atoms with van der Waals surface area (Å²) < 4.78 is 8.89. The van der Waals surface area contributed by atoms with E-state index in [2.05, 4.69) is 47.0 Å². The van der Waals surface area contributed by atoms with Gasteiger partial charge in [0.05, 0.1) is 15.9 Å². The fourth-order valence-corrected chi connectivity index (χ4v) is 2.60. The number of halogens is 1. The predicted molar refractivity (Wildman–Crippen MR) is 85.1 cm³/mol. The van der Waals surface area contributed by atoms with Crippen molar-refractivity contribution in [3.05, 3.63) is 45.7 Å². The van der Waals surface area contributed by atoms with Crippen LogP contribution < -0.4 is 4.74 Å². The molecule has 0 N–H and O–H groups in total. The highest BCUT2D eigenvalue weighted by Crippen LogP contribution is 2.23. The van der Waals surface area contributed by atoms with Crippen molar-refractivity contribution in [3.63, 3.8) is 0 Å². The number of benzene rings is 1. The molecule has 0 bridgehead atoms. The third-order valence-corrected chi connectivity index (χ3v) is 4.32. The van der Waals surface area contributed by atoms with Gasteiger partial charge in [-0.15, -0.1) is 0 Å². The van der Waals surface area contributed by atoms with Crippen molar-refractivity contribution in [1.82, 2.24) is 9.78 Å². The Morgan fingerprint density at radius 2 is 1.90 bits per heavy atom. The van der Waals surface area contributed by atoms with E-state index in [0.29, 0.717) is 6.61 Å². The molecule has 0 amide bonds. The molecule has 0 atom stereocenters. The van der Waals surface area contributed by atoms with Crippen LogP contribution in [0.4, 0.5) is 0 Å². The molecule has 0 fully saturated rings. The van der Waals surface area contributed by atoms with Crippen LogP contribution >= 0.6 is 15.9 Å². The van der Waals surface area contributed by atoms with Gasteiger partial charge in [-0.2, -0.15) is 5.10 Å². The van der Waals surface area contributed by atoms with Crippen LogP contribution in [0.25, 0.3) is 0 Å². The maximum absolute atomic E-state index is 5.87. The summed E-state index contributed by atoms with van der Waals surface area (Å²) in [5.74, 6) is 0.901. The van der Waals surface area contributed by atoms with Crippen LogP contribution in [0.1, 0.15) is 37.2 Å². The summed E-state index contributed by atoms with van der Waals surface area (Å²) in [6, 6.07) is 8.35. The lowest BCUT2D eigenvalue weighted by Crippen LogP contribution is -2.06. The first-order valence-corrected chi connectivity index (χ1v) is 7.88. The smallest absolute Gasteiger partial charge is 0.131 e. The average molecular weight is 337 g/mol. The Kier molecular flexibility index (Phi) is 5.24. The second-order valence-corrected chi connectivity index (χ2v) is 5.64. The Balaban J connectivity index is 2.05. The van der Waals surface area contributed by atoms with Gasteiger partial charge in [0, 0.05) is 6.54 Å². The zero-order valence-electron chi connectivity index (χ0n) is 12.3. The van der Waals surface area contributed by atoms with E-state index >= 15 is 0 Å². The molecule has 2 aromatic rings. The largest absolute Gasteiger partial charge is 0.487 e. The van der Waals surface area contributed by atoms with Gasteiger partial charge in [-0.3, -0.25) is 4.68 Å². The minimum atomic E-state index is 0.530. The maximum Gasteiger partial charge on any atom is 0.131 e. The number of aryl methyl sites for hydroxylation is 3. The summed E-state index contributed by atoms with van der Waals surface area (Å²) in [4.78, 5) is 0. The van der Waals surface area contributed by atoms with Crippen molar-refractivity contribution in [2.75, 3.05) is 0 Å². The Hall–Kier alpha value is -1.29. The molecule has 1 heterocycles. The van der Waals surface area contributed by atoms with E-state index in [1.165, 1.54) is 12.0 Å². The van der Waals surface area contributed by atoms with E-state index in [4.69, 9.17) is 4.74 Å². The number of hydrogen-bond donors (Lipinski definition) is 0. The maximum atomic E-state index is 5.87. The van der Waals surface area contributed by atoms with Gasteiger partial charge in [0.15, 0.2) is 0 Å². The van der Waals surface area contributed by atoms with Crippen LogP contribution in [0.2, 0.25) is 0 Å². The average Bonchev–Trinajstić information content (AvgIpc) is 2.74. The summed E-state index contributed by atoms with van der Waals surface area (Å²) in [7, 11) is 0. The second-order valence-electron chi connectivity index (χ2n) is 4.84. The van der Waals surface area contributed by atoms with Crippen LogP contribution in [0.3, 0.4) is 0 Å². The van der Waals surface area contributed by atoms with Crippen LogP contribution in [0.15, 0.2) is 28.7 Å². The number of aromatic nitrogens is 2. The van der Waals surface area contributed by atoms with E-state index in [9.17, 15) is 0 Å². The quantitative estimate of drug-likeness (QED) is 0.776. The molecule has 0 saturated heterocycles. The van der Waals surface area contributed by atoms with Gasteiger partial charge in [-0.25, -0.2) is 0 Å². The molecule has 0 saturated carbocycles. The van der Waals surface area contributed by atoms with Crippen LogP contribution in [0, 0.1) is 6.92 Å². The predicted octanol–water partition coefficient (Wildman–Crippen LogP) is 4.51. The monoisotopic (exact) mass is 336 g/mol. The third kappa shape index (κ3) is 3.42. The van der Waals surface area contributed by atoms with E-state index in [0.717, 1.165) is 34.6 Å². The first kappa shape index (κ1) is 15.1. The summed E-state index contributed by atoms with van der Waals surface area (Å²) in [5.41, 5.74) is 3.45. The van der Waals surface area contributed by atoms with Gasteiger partial charge in [-0.1, -0.05) is 25.5 Å². The topological polar surface area (TPSA) is 27.1 Å². The second kappa shape index (κ2) is 6.93. The third-order valence-electron chi connectivity index (χ3n) is 3.29. The fraction of sp³-hybridized carbons (Fsp3) is 0.438. The van der Waals surface area contributed by atoms with E-state index < -0.39 is 0 Å². The first-order valence-electron chi connectivity index (χ1n) is 7.09. The molecule has 2 rings (SSSR count). The van der Waals surface area contributed by atoms with Crippen LogP contribution in [-0.2, 0) is 19.6 Å². The fourth-order valence-electron chi connectivity index (χ4n) is 2.20. The van der Waals surface area contributed by atoms with E-state index in [1.807, 2.05) is 23.7 Å². The summed E-state index contributed by atoms with van der Waals surface area (Å²) in [6.45, 7) is 7.65. The molecule has 1 aromatic heterocycles. The Morgan fingerprint density at radius 3 is 2.50 bits per heavy atom. The van der Waals surface area contributed by atoms with Crippen LogP contribution in [-0.4, -0.2) is 9.78 Å². The highest BCUT2D eigenvalue weighted by Gasteiger charge is 2.12. The lowest BCUT2D eigenvalue weighted by Gasteiger charge is -2.09. The standard InChI is InChI=1S/C16H21BrN2O/c1-4-6-13-7-9-14(10-8-13)20-11-15-16(17)12(3)18-19(15)5-2/h7-10H,4-6,11H2,1-3H3. The molecule has 0 radical (unpaired) electrons. The van der Waals surface area contributed by atoms with Gasteiger partial charge >= 0.3 is 0 Å². The summed E-state index contributed by atoms with van der Waals surface area (Å²) in [5, 5.41) is 4.47. The number of nitrogens with zero attached hydrogens (tertiary/aromatic N) is 2. The number of hydrogen-bond acceptors (Lipinski definition) is 2. The molecule has 108 valence electrons. The Labute approximate surface area is 129 Å². The minimum absolute atomic E-state index is 0.530. The lowest BCUT2D eigenvalue weighted by atomic mass is 10.1. The SMILES string of the molecule is CCCc1ccc(OCc2c(Br)c(C)nn2CC)cc1. The Morgan fingerprint density at radius 1 is 1.20 bits per heavy atom. The van der Waals surface area contributed by atoms with Crippen molar-refractivity contribution >= 4 is 15.9 Å². The van der Waals surface area contributed by atoms with Crippen molar-refractivity contribution < 1.29 is 4.74 Å². The van der Waals surface area contributed by atoms with Crippen LogP contribution in [0.5, 0.6) is 5.75 Å². The summed E-state index contributed by atoms with van der Waals surface area (Å²) >= 11 is 3.58. The molecule has 4 heteroatoms. The molecular weight excluding hydrogens is 316 g/mol. The number of rotatable bonds is 6. The van der Waals surface area contributed by atoms with E-state index in [1.54, 1.807) is 0 Å². The zero-order valence-corrected chi connectivity index (χ0v) is 13.9. The van der Waals surface area contributed by atoms with Crippen molar-refractivity contribution in [2.24, 2.45) is 0 Å². The highest BCUT2D eigenvalue weighted by molar-refractivity contribution is 9.10. The minimum Gasteiger partial charge on any atom is -0.487 e. The van der Waals surface area contributed by atoms with Crippen molar-refractivity contribution in [3.8, 4) is 5.75 Å². The molecule has 1 aromatic carbocycles. The van der Waals surface area contributed by atoms with Crippen molar-refractivity contribution in [1.29, 1.82) is 0 Å². The summed E-state index contributed by atoms with van der Waals surface area (Å²) in [6.07, 6.45) is 2.29.